The Morgan fingerprint density at radius 2 is 1.92 bits per heavy atom. The van der Waals surface area contributed by atoms with Gasteiger partial charge in [0.05, 0.1) is 12.1 Å². The Morgan fingerprint density at radius 1 is 1.38 bits per heavy atom. The molecule has 0 heterocycles. The molecule has 0 aliphatic carbocycles. The molecule has 0 aliphatic heterocycles. The van der Waals surface area contributed by atoms with Crippen molar-refractivity contribution in [3.63, 3.8) is 0 Å². The monoisotopic (exact) mass is 181 g/mol. The van der Waals surface area contributed by atoms with E-state index >= 15 is 0 Å². The lowest BCUT2D eigenvalue weighted by atomic mass is 9.89. The van der Waals surface area contributed by atoms with Gasteiger partial charge in [0.25, 0.3) is 0 Å². The normalized spacial score (nSPS) is 10.8. The van der Waals surface area contributed by atoms with Gasteiger partial charge in [-0.2, -0.15) is 0 Å². The smallest absolute Gasteiger partial charge is 0.133 e. The molecular formula is C11H19NO. The lowest BCUT2D eigenvalue weighted by molar-refractivity contribution is -0.107. The van der Waals surface area contributed by atoms with Gasteiger partial charge < -0.3 is 4.79 Å². The molecule has 0 unspecified atom stereocenters. The van der Waals surface area contributed by atoms with Crippen LogP contribution in [0.5, 0.6) is 0 Å². The van der Waals surface area contributed by atoms with Crippen LogP contribution in [0.25, 0.3) is 0 Å². The van der Waals surface area contributed by atoms with Crippen LogP contribution in [0.15, 0.2) is 0 Å². The van der Waals surface area contributed by atoms with E-state index in [1.807, 2.05) is 0 Å². The van der Waals surface area contributed by atoms with Crippen molar-refractivity contribution in [2.45, 2.75) is 45.1 Å². The highest BCUT2D eigenvalue weighted by molar-refractivity contribution is 5.52. The Kier molecular flexibility index (Phi) is 6.26. The third-order valence-electron chi connectivity index (χ3n) is 2.15. The van der Waals surface area contributed by atoms with E-state index in [-0.39, 0.29) is 5.54 Å². The maximum absolute atomic E-state index is 10.2. The summed E-state index contributed by atoms with van der Waals surface area (Å²) in [6, 6.07) is 0. The van der Waals surface area contributed by atoms with E-state index in [9.17, 15) is 4.79 Å². The lowest BCUT2D eigenvalue weighted by Crippen LogP contribution is -2.44. The van der Waals surface area contributed by atoms with Crippen LogP contribution in [0.2, 0.25) is 0 Å². The highest BCUT2D eigenvalue weighted by atomic mass is 16.1. The third kappa shape index (κ3) is 4.10. The zero-order valence-electron chi connectivity index (χ0n) is 8.60. The molecule has 0 spiro atoms. The highest BCUT2D eigenvalue weighted by Crippen LogP contribution is 2.18. The van der Waals surface area contributed by atoms with Crippen LogP contribution in [0.4, 0.5) is 0 Å². The summed E-state index contributed by atoms with van der Waals surface area (Å²) < 4.78 is 0. The van der Waals surface area contributed by atoms with Crippen molar-refractivity contribution < 1.29 is 4.79 Å². The maximum atomic E-state index is 10.2. The van der Waals surface area contributed by atoms with Crippen LogP contribution in [0, 0.1) is 12.3 Å². The number of carbonyl (C=O) groups excluding carboxylic acids is 1. The Labute approximate surface area is 81.1 Å². The number of nitrogens with one attached hydrogen (secondary N) is 1. The summed E-state index contributed by atoms with van der Waals surface area (Å²) in [5.41, 5.74) is -0.260. The summed E-state index contributed by atoms with van der Waals surface area (Å²) in [6.07, 6.45) is 10.3. The largest absolute Gasteiger partial charge is 0.302 e. The molecule has 1 N–H and O–H groups in total. The van der Waals surface area contributed by atoms with Gasteiger partial charge in [0, 0.05) is 0 Å². The number of hydrogen-bond acceptors (Lipinski definition) is 2. The van der Waals surface area contributed by atoms with E-state index < -0.39 is 0 Å². The third-order valence-corrected chi connectivity index (χ3v) is 2.15. The lowest BCUT2D eigenvalue weighted by Gasteiger charge is -2.28. The summed E-state index contributed by atoms with van der Waals surface area (Å²) in [5, 5.41) is 3.13. The van der Waals surface area contributed by atoms with Crippen LogP contribution >= 0.6 is 0 Å². The molecule has 74 valence electrons. The topological polar surface area (TPSA) is 29.1 Å². The van der Waals surface area contributed by atoms with Crippen molar-refractivity contribution in [1.82, 2.24) is 5.32 Å². The fraction of sp³-hybridized carbons (Fsp3) is 0.727. The van der Waals surface area contributed by atoms with Crippen molar-refractivity contribution in [2.75, 3.05) is 6.54 Å². The summed E-state index contributed by atoms with van der Waals surface area (Å²) in [4.78, 5) is 10.2. The molecular weight excluding hydrogens is 162 g/mol. The molecule has 0 saturated heterocycles. The van der Waals surface area contributed by atoms with Crippen molar-refractivity contribution in [2.24, 2.45) is 0 Å². The first-order valence-corrected chi connectivity index (χ1v) is 4.91. The average Bonchev–Trinajstić information content (AvgIpc) is 2.15. The van der Waals surface area contributed by atoms with Crippen molar-refractivity contribution >= 4 is 6.29 Å². The van der Waals surface area contributed by atoms with Gasteiger partial charge in [-0.15, -0.1) is 6.42 Å². The molecule has 0 aromatic rings. The predicted octanol–water partition coefficient (Wildman–Crippen LogP) is 1.75. The average molecular weight is 181 g/mol. The number of carbonyl (C=O) groups is 1. The number of terminal acetylenes is 1. The van der Waals surface area contributed by atoms with Crippen LogP contribution in [-0.2, 0) is 4.79 Å². The van der Waals surface area contributed by atoms with E-state index in [1.165, 1.54) is 0 Å². The second kappa shape index (κ2) is 6.68. The first-order chi connectivity index (χ1) is 6.24. The second-order valence-electron chi connectivity index (χ2n) is 3.27. The Balaban J connectivity index is 4.26. The van der Waals surface area contributed by atoms with Crippen molar-refractivity contribution in [3.8, 4) is 12.3 Å². The molecule has 2 nitrogen and oxygen atoms in total. The van der Waals surface area contributed by atoms with Crippen molar-refractivity contribution in [3.05, 3.63) is 0 Å². The Hall–Kier alpha value is -0.810. The Bertz CT molecular complexity index is 175. The molecule has 0 amide bonds. The van der Waals surface area contributed by atoms with Crippen LogP contribution < -0.4 is 5.32 Å². The second-order valence-corrected chi connectivity index (χ2v) is 3.27. The first-order valence-electron chi connectivity index (χ1n) is 4.91. The van der Waals surface area contributed by atoms with E-state index in [0.717, 1.165) is 32.0 Å². The fourth-order valence-electron chi connectivity index (χ4n) is 1.59. The molecule has 0 rings (SSSR count). The fourth-order valence-corrected chi connectivity index (χ4v) is 1.59. The van der Waals surface area contributed by atoms with Crippen LogP contribution in [0.1, 0.15) is 39.5 Å². The quantitative estimate of drug-likeness (QED) is 0.479. The standard InChI is InChI=1S/C11H19NO/c1-4-7-11(6-3,8-5-2)12-9-10-13/h3,10,12H,4-5,7-9H2,1-2H3. The predicted molar refractivity (Wildman–Crippen MR) is 55.4 cm³/mol. The van der Waals surface area contributed by atoms with E-state index in [4.69, 9.17) is 6.42 Å². The highest BCUT2D eigenvalue weighted by Gasteiger charge is 2.24. The zero-order chi connectivity index (χ0) is 10.2. The summed E-state index contributed by atoms with van der Waals surface area (Å²) in [6.45, 7) is 4.55. The SMILES string of the molecule is C#CC(CCC)(CCC)NCC=O. The van der Waals surface area contributed by atoms with Gasteiger partial charge in [-0.3, -0.25) is 5.32 Å². The number of rotatable bonds is 7. The van der Waals surface area contributed by atoms with Crippen molar-refractivity contribution in [1.29, 1.82) is 0 Å². The molecule has 0 saturated carbocycles. The van der Waals surface area contributed by atoms with E-state index in [0.29, 0.717) is 6.54 Å². The summed E-state index contributed by atoms with van der Waals surface area (Å²) >= 11 is 0. The molecule has 13 heavy (non-hydrogen) atoms. The first kappa shape index (κ1) is 12.2. The van der Waals surface area contributed by atoms with E-state index in [1.54, 1.807) is 0 Å². The van der Waals surface area contributed by atoms with Gasteiger partial charge in [-0.1, -0.05) is 32.6 Å². The number of aldehydes is 1. The van der Waals surface area contributed by atoms with Gasteiger partial charge >= 0.3 is 0 Å². The van der Waals surface area contributed by atoms with E-state index in [2.05, 4.69) is 25.1 Å². The molecule has 0 radical (unpaired) electrons. The van der Waals surface area contributed by atoms with Gasteiger partial charge in [0.1, 0.15) is 6.29 Å². The molecule has 2 heteroatoms. The molecule has 0 bridgehead atoms. The van der Waals surface area contributed by atoms with Crippen LogP contribution in [-0.4, -0.2) is 18.4 Å². The minimum absolute atomic E-state index is 0.260. The molecule has 0 aromatic carbocycles. The summed E-state index contributed by atoms with van der Waals surface area (Å²) in [7, 11) is 0. The molecule has 0 atom stereocenters. The van der Waals surface area contributed by atoms with Gasteiger partial charge in [-0.05, 0) is 12.8 Å². The van der Waals surface area contributed by atoms with Gasteiger partial charge in [-0.25, -0.2) is 0 Å². The maximum Gasteiger partial charge on any atom is 0.133 e. The van der Waals surface area contributed by atoms with Gasteiger partial charge in [0.2, 0.25) is 0 Å². The summed E-state index contributed by atoms with van der Waals surface area (Å²) in [5.74, 6) is 2.78. The zero-order valence-corrected chi connectivity index (χ0v) is 8.60. The van der Waals surface area contributed by atoms with Gasteiger partial charge in [0.15, 0.2) is 0 Å². The number of hydrogen-bond donors (Lipinski definition) is 1. The minimum atomic E-state index is -0.260. The molecule has 0 fully saturated rings. The molecule has 0 aliphatic rings. The molecule has 0 aromatic heterocycles. The minimum Gasteiger partial charge on any atom is -0.302 e. The Morgan fingerprint density at radius 3 is 2.23 bits per heavy atom. The van der Waals surface area contributed by atoms with Crippen LogP contribution in [0.3, 0.4) is 0 Å².